The van der Waals surface area contributed by atoms with Crippen LogP contribution in [-0.4, -0.2) is 12.3 Å². The highest BCUT2D eigenvalue weighted by atomic mass is 16.5. The van der Waals surface area contributed by atoms with E-state index in [4.69, 9.17) is 11.2 Å². The molecule has 0 aliphatic heterocycles. The first-order valence-corrected chi connectivity index (χ1v) is 5.81. The molecule has 0 saturated heterocycles. The summed E-state index contributed by atoms with van der Waals surface area (Å²) in [6.07, 6.45) is 5.19. The summed E-state index contributed by atoms with van der Waals surface area (Å²) in [5.41, 5.74) is 1.98. The van der Waals surface area contributed by atoms with Gasteiger partial charge in [-0.25, -0.2) is 0 Å². The molecule has 0 fully saturated rings. The number of rotatable bonds is 3. The summed E-state index contributed by atoms with van der Waals surface area (Å²) < 4.78 is 5.44. The van der Waals surface area contributed by atoms with Crippen molar-refractivity contribution in [2.75, 3.05) is 6.61 Å². The minimum Gasteiger partial charge on any atom is -0.481 e. The van der Waals surface area contributed by atoms with E-state index in [-0.39, 0.29) is 6.61 Å². The van der Waals surface area contributed by atoms with Gasteiger partial charge in [-0.2, -0.15) is 0 Å². The quantitative estimate of drug-likeness (QED) is 0.584. The molecule has 0 atom stereocenters. The maximum absolute atomic E-state index is 5.44. The molecule has 0 saturated carbocycles. The Morgan fingerprint density at radius 3 is 2.83 bits per heavy atom. The molecule has 0 aliphatic rings. The predicted molar refractivity (Wildman–Crippen MR) is 76.7 cm³/mol. The Bertz CT molecular complexity index is 631. The van der Waals surface area contributed by atoms with Gasteiger partial charge in [0.2, 0.25) is 0 Å². The molecule has 90 valence electrons. The van der Waals surface area contributed by atoms with Gasteiger partial charge in [-0.15, -0.1) is 6.42 Å². The lowest BCUT2D eigenvalue weighted by molar-refractivity contribution is 0.371. The average molecular weight is 237 g/mol. The molecule has 18 heavy (non-hydrogen) atoms. The van der Waals surface area contributed by atoms with Gasteiger partial charge in [-0.05, 0) is 37.4 Å². The van der Waals surface area contributed by atoms with E-state index in [1.165, 1.54) is 0 Å². The summed E-state index contributed by atoms with van der Waals surface area (Å²) in [7, 11) is 0. The topological polar surface area (TPSA) is 21.6 Å². The summed E-state index contributed by atoms with van der Waals surface area (Å²) in [5.74, 6) is 3.24. The van der Waals surface area contributed by atoms with Gasteiger partial charge < -0.3 is 4.74 Å². The van der Waals surface area contributed by atoms with Crippen molar-refractivity contribution in [1.29, 1.82) is 0 Å². The lowest BCUT2D eigenvalue weighted by Gasteiger charge is -2.06. The van der Waals surface area contributed by atoms with Gasteiger partial charge in [-0.1, -0.05) is 24.1 Å². The van der Waals surface area contributed by atoms with Crippen LogP contribution in [0.4, 0.5) is 5.69 Å². The zero-order valence-corrected chi connectivity index (χ0v) is 10.6. The minimum absolute atomic E-state index is 0.281. The number of aliphatic imine (C=N–C) groups is 1. The van der Waals surface area contributed by atoms with Crippen molar-refractivity contribution in [2.45, 2.75) is 13.8 Å². The van der Waals surface area contributed by atoms with Crippen LogP contribution < -0.4 is 4.74 Å². The molecule has 0 unspecified atom stereocenters. The lowest BCUT2D eigenvalue weighted by atomic mass is 10.1. The summed E-state index contributed by atoms with van der Waals surface area (Å²) in [5, 5.41) is 2.22. The van der Waals surface area contributed by atoms with Gasteiger partial charge in [-0.3, -0.25) is 4.99 Å². The highest BCUT2D eigenvalue weighted by Crippen LogP contribution is 2.29. The van der Waals surface area contributed by atoms with E-state index in [1.54, 1.807) is 0 Å². The van der Waals surface area contributed by atoms with Gasteiger partial charge >= 0.3 is 0 Å². The minimum atomic E-state index is 0.281. The Hall–Kier alpha value is -2.27. The summed E-state index contributed by atoms with van der Waals surface area (Å²) in [4.78, 5) is 4.53. The van der Waals surface area contributed by atoms with Crippen LogP contribution in [0.15, 0.2) is 41.4 Å². The van der Waals surface area contributed by atoms with E-state index in [1.807, 2.05) is 44.2 Å². The number of ether oxygens (including phenoxy) is 1. The normalized spacial score (nSPS) is 9.83. The molecule has 0 amide bonds. The van der Waals surface area contributed by atoms with E-state index in [9.17, 15) is 0 Å². The average Bonchev–Trinajstić information content (AvgIpc) is 2.36. The molecule has 0 aliphatic carbocycles. The monoisotopic (exact) mass is 237 g/mol. The molecule has 0 N–H and O–H groups in total. The maximum Gasteiger partial charge on any atom is 0.148 e. The van der Waals surface area contributed by atoms with E-state index >= 15 is 0 Å². The fourth-order valence-electron chi connectivity index (χ4n) is 1.79. The SMILES string of the molecule is C#CCOc1ccc2cccc(N=C(C)C)c2c1. The van der Waals surface area contributed by atoms with Crippen LogP contribution in [0.3, 0.4) is 0 Å². The fraction of sp³-hybridized carbons (Fsp3) is 0.188. The lowest BCUT2D eigenvalue weighted by Crippen LogP contribution is -1.93. The Balaban J connectivity index is 2.52. The van der Waals surface area contributed by atoms with Crippen LogP contribution in [0, 0.1) is 12.3 Å². The third-order valence-electron chi connectivity index (χ3n) is 2.50. The third kappa shape index (κ3) is 2.70. The molecule has 2 nitrogen and oxygen atoms in total. The zero-order valence-electron chi connectivity index (χ0n) is 10.6. The van der Waals surface area contributed by atoms with Crippen LogP contribution in [0.1, 0.15) is 13.8 Å². The first-order chi connectivity index (χ1) is 8.70. The third-order valence-corrected chi connectivity index (χ3v) is 2.50. The molecule has 0 heterocycles. The van der Waals surface area contributed by atoms with Crippen LogP contribution in [0.2, 0.25) is 0 Å². The summed E-state index contributed by atoms with van der Waals surface area (Å²) in [6.45, 7) is 4.25. The van der Waals surface area contributed by atoms with Crippen molar-refractivity contribution in [3.8, 4) is 18.1 Å². The van der Waals surface area contributed by atoms with Crippen LogP contribution in [0.25, 0.3) is 10.8 Å². The Kier molecular flexibility index (Phi) is 3.64. The number of nitrogens with zero attached hydrogens (tertiary/aromatic N) is 1. The van der Waals surface area contributed by atoms with E-state index in [0.29, 0.717) is 0 Å². The van der Waals surface area contributed by atoms with Gasteiger partial charge in [0.25, 0.3) is 0 Å². The first kappa shape index (κ1) is 12.2. The molecule has 0 aromatic heterocycles. The van der Waals surface area contributed by atoms with Gasteiger partial charge in [0.05, 0.1) is 5.69 Å². The van der Waals surface area contributed by atoms with Crippen molar-refractivity contribution < 1.29 is 4.74 Å². The van der Waals surface area contributed by atoms with Crippen LogP contribution in [0.5, 0.6) is 5.75 Å². The Morgan fingerprint density at radius 2 is 2.11 bits per heavy atom. The van der Waals surface area contributed by atoms with Crippen molar-refractivity contribution in [3.63, 3.8) is 0 Å². The molecule has 0 spiro atoms. The van der Waals surface area contributed by atoms with Crippen molar-refractivity contribution in [2.24, 2.45) is 4.99 Å². The fourth-order valence-corrected chi connectivity index (χ4v) is 1.79. The van der Waals surface area contributed by atoms with E-state index in [2.05, 4.69) is 17.0 Å². The molecule has 2 aromatic carbocycles. The summed E-state index contributed by atoms with van der Waals surface area (Å²) >= 11 is 0. The predicted octanol–water partition coefficient (Wildman–Crippen LogP) is 3.96. The number of terminal acetylenes is 1. The molecule has 0 bridgehead atoms. The van der Waals surface area contributed by atoms with Crippen LogP contribution in [-0.2, 0) is 0 Å². The number of fused-ring (bicyclic) bond motifs is 1. The van der Waals surface area contributed by atoms with Crippen molar-refractivity contribution in [1.82, 2.24) is 0 Å². The standard InChI is InChI=1S/C16H15NO/c1-4-10-18-14-9-8-13-6-5-7-16(15(13)11-14)17-12(2)3/h1,5-9,11H,10H2,2-3H3. The second-order valence-electron chi connectivity index (χ2n) is 4.21. The molecule has 0 radical (unpaired) electrons. The van der Waals surface area contributed by atoms with E-state index in [0.717, 1.165) is 27.9 Å². The molecule has 2 rings (SSSR count). The van der Waals surface area contributed by atoms with Gasteiger partial charge in [0.15, 0.2) is 0 Å². The zero-order chi connectivity index (χ0) is 13.0. The number of hydrogen-bond acceptors (Lipinski definition) is 2. The first-order valence-electron chi connectivity index (χ1n) is 5.81. The molecule has 2 aromatic rings. The van der Waals surface area contributed by atoms with Gasteiger partial charge in [0.1, 0.15) is 12.4 Å². The van der Waals surface area contributed by atoms with Gasteiger partial charge in [0, 0.05) is 11.1 Å². The second-order valence-corrected chi connectivity index (χ2v) is 4.21. The number of hydrogen-bond donors (Lipinski definition) is 0. The summed E-state index contributed by atoms with van der Waals surface area (Å²) in [6, 6.07) is 12.0. The molecular formula is C16H15NO. The molecular weight excluding hydrogens is 222 g/mol. The smallest absolute Gasteiger partial charge is 0.148 e. The highest BCUT2D eigenvalue weighted by Gasteiger charge is 2.02. The van der Waals surface area contributed by atoms with Crippen molar-refractivity contribution in [3.05, 3.63) is 36.4 Å². The highest BCUT2D eigenvalue weighted by molar-refractivity contribution is 5.96. The molecule has 2 heteroatoms. The van der Waals surface area contributed by atoms with E-state index < -0.39 is 0 Å². The van der Waals surface area contributed by atoms with Crippen molar-refractivity contribution >= 4 is 22.2 Å². The number of benzene rings is 2. The maximum atomic E-state index is 5.44. The second kappa shape index (κ2) is 5.37. The largest absolute Gasteiger partial charge is 0.481 e. The van der Waals surface area contributed by atoms with Crippen LogP contribution >= 0.6 is 0 Å². The Morgan fingerprint density at radius 1 is 1.28 bits per heavy atom. The Labute approximate surface area is 107 Å².